The van der Waals surface area contributed by atoms with Crippen molar-refractivity contribution >= 4 is 21.6 Å². The summed E-state index contributed by atoms with van der Waals surface area (Å²) >= 11 is 0. The lowest BCUT2D eigenvalue weighted by atomic mass is 10.2. The van der Waals surface area contributed by atoms with Crippen LogP contribution in [0.25, 0.3) is 5.69 Å². The quantitative estimate of drug-likeness (QED) is 0.661. The van der Waals surface area contributed by atoms with E-state index in [1.54, 1.807) is 18.2 Å². The molecule has 7 nitrogen and oxygen atoms in total. The number of anilines is 1. The fourth-order valence-electron chi connectivity index (χ4n) is 3.84. The number of morpholine rings is 1. The molecule has 162 valence electrons. The van der Waals surface area contributed by atoms with Gasteiger partial charge in [-0.25, -0.2) is 8.42 Å². The smallest absolute Gasteiger partial charge is 0.257 e. The molecule has 8 heteroatoms. The summed E-state index contributed by atoms with van der Waals surface area (Å²) in [5, 5.41) is 2.85. The van der Waals surface area contributed by atoms with Gasteiger partial charge in [-0.1, -0.05) is 24.3 Å². The molecule has 1 amide bonds. The van der Waals surface area contributed by atoms with Crippen LogP contribution in [0.2, 0.25) is 0 Å². The van der Waals surface area contributed by atoms with E-state index in [1.165, 1.54) is 10.4 Å². The number of sulfonamides is 1. The molecule has 2 aromatic carbocycles. The van der Waals surface area contributed by atoms with Gasteiger partial charge in [0.25, 0.3) is 5.91 Å². The molecule has 3 aromatic rings. The Hall–Kier alpha value is -2.94. The minimum atomic E-state index is -3.63. The number of nitrogens with one attached hydrogen (secondary N) is 1. The number of rotatable bonds is 5. The topological polar surface area (TPSA) is 80.6 Å². The third-order valence-corrected chi connectivity index (χ3v) is 7.28. The van der Waals surface area contributed by atoms with Crippen molar-refractivity contribution in [2.75, 3.05) is 31.6 Å². The number of amides is 1. The van der Waals surface area contributed by atoms with E-state index in [2.05, 4.69) is 5.32 Å². The number of hydrogen-bond acceptors (Lipinski definition) is 4. The van der Waals surface area contributed by atoms with Crippen LogP contribution in [-0.2, 0) is 14.8 Å². The molecule has 1 aromatic heterocycles. The summed E-state index contributed by atoms with van der Waals surface area (Å²) in [6.45, 7) is 5.26. The molecule has 1 N–H and O–H groups in total. The van der Waals surface area contributed by atoms with Crippen LogP contribution in [0.1, 0.15) is 21.7 Å². The first-order valence-corrected chi connectivity index (χ1v) is 11.6. The summed E-state index contributed by atoms with van der Waals surface area (Å²) in [4.78, 5) is 13.1. The van der Waals surface area contributed by atoms with Crippen molar-refractivity contribution in [3.8, 4) is 5.69 Å². The zero-order valence-corrected chi connectivity index (χ0v) is 18.4. The lowest BCUT2D eigenvalue weighted by molar-refractivity contribution is 0.0730. The van der Waals surface area contributed by atoms with Gasteiger partial charge in [-0.15, -0.1) is 0 Å². The van der Waals surface area contributed by atoms with Gasteiger partial charge in [0, 0.05) is 35.9 Å². The van der Waals surface area contributed by atoms with Crippen LogP contribution in [0.4, 0.5) is 5.69 Å². The fourth-order valence-corrected chi connectivity index (χ4v) is 5.29. The van der Waals surface area contributed by atoms with Gasteiger partial charge in [0.2, 0.25) is 10.0 Å². The average Bonchev–Trinajstić information content (AvgIpc) is 3.09. The molecular formula is C23H25N3O4S. The van der Waals surface area contributed by atoms with Gasteiger partial charge >= 0.3 is 0 Å². The molecule has 0 atom stereocenters. The lowest BCUT2D eigenvalue weighted by Gasteiger charge is -2.26. The monoisotopic (exact) mass is 439 g/mol. The van der Waals surface area contributed by atoms with Crippen LogP contribution >= 0.6 is 0 Å². The second-order valence-electron chi connectivity index (χ2n) is 7.45. The SMILES string of the molecule is Cc1cc(C(=O)Nc2cccc(S(=O)(=O)N3CCOCC3)c2)c(C)n1-c1ccccc1. The highest BCUT2D eigenvalue weighted by Gasteiger charge is 2.26. The Labute approximate surface area is 182 Å². The molecule has 1 fully saturated rings. The maximum absolute atomic E-state index is 13.0. The van der Waals surface area contributed by atoms with Crippen molar-refractivity contribution in [3.05, 3.63) is 77.6 Å². The zero-order chi connectivity index (χ0) is 22.0. The van der Waals surface area contributed by atoms with E-state index in [0.717, 1.165) is 17.1 Å². The second kappa shape index (κ2) is 8.66. The van der Waals surface area contributed by atoms with Crippen molar-refractivity contribution in [2.45, 2.75) is 18.7 Å². The van der Waals surface area contributed by atoms with Gasteiger partial charge in [0.15, 0.2) is 0 Å². The van der Waals surface area contributed by atoms with Crippen molar-refractivity contribution in [3.63, 3.8) is 0 Å². The summed E-state index contributed by atoms with van der Waals surface area (Å²) in [6, 6.07) is 18.0. The Morgan fingerprint density at radius 1 is 0.968 bits per heavy atom. The summed E-state index contributed by atoms with van der Waals surface area (Å²) in [6.07, 6.45) is 0. The van der Waals surface area contributed by atoms with Crippen LogP contribution in [0.5, 0.6) is 0 Å². The van der Waals surface area contributed by atoms with E-state index in [1.807, 2.05) is 54.8 Å². The Morgan fingerprint density at radius 3 is 2.39 bits per heavy atom. The van der Waals surface area contributed by atoms with Gasteiger partial charge in [-0.2, -0.15) is 4.31 Å². The normalized spacial score (nSPS) is 15.0. The largest absolute Gasteiger partial charge is 0.379 e. The number of hydrogen-bond donors (Lipinski definition) is 1. The molecular weight excluding hydrogens is 414 g/mol. The third kappa shape index (κ3) is 4.27. The predicted octanol–water partition coefficient (Wildman–Crippen LogP) is 3.37. The fraction of sp³-hybridized carbons (Fsp3) is 0.261. The first kappa shape index (κ1) is 21.3. The summed E-state index contributed by atoms with van der Waals surface area (Å²) < 4.78 is 34.5. The molecule has 2 heterocycles. The van der Waals surface area contributed by atoms with E-state index >= 15 is 0 Å². The maximum atomic E-state index is 13.0. The van der Waals surface area contributed by atoms with Crippen molar-refractivity contribution in [2.24, 2.45) is 0 Å². The Bertz CT molecular complexity index is 1200. The molecule has 1 aliphatic rings. The van der Waals surface area contributed by atoms with Gasteiger partial charge < -0.3 is 14.6 Å². The highest BCUT2D eigenvalue weighted by Crippen LogP contribution is 2.24. The van der Waals surface area contributed by atoms with Gasteiger partial charge in [0.1, 0.15) is 0 Å². The molecule has 0 aliphatic carbocycles. The number of aryl methyl sites for hydroxylation is 1. The molecule has 0 unspecified atom stereocenters. The Balaban J connectivity index is 1.58. The highest BCUT2D eigenvalue weighted by atomic mass is 32.2. The first-order chi connectivity index (χ1) is 14.9. The Morgan fingerprint density at radius 2 is 1.68 bits per heavy atom. The Kier molecular flexibility index (Phi) is 5.95. The van der Waals surface area contributed by atoms with E-state index < -0.39 is 10.0 Å². The van der Waals surface area contributed by atoms with Crippen LogP contribution in [0.3, 0.4) is 0 Å². The summed E-state index contributed by atoms with van der Waals surface area (Å²) in [5.74, 6) is -0.281. The minimum absolute atomic E-state index is 0.155. The minimum Gasteiger partial charge on any atom is -0.379 e. The van der Waals surface area contributed by atoms with Crippen molar-refractivity contribution in [1.82, 2.24) is 8.87 Å². The van der Waals surface area contributed by atoms with E-state index in [9.17, 15) is 13.2 Å². The number of carbonyl (C=O) groups is 1. The number of aromatic nitrogens is 1. The van der Waals surface area contributed by atoms with Crippen molar-refractivity contribution < 1.29 is 17.9 Å². The predicted molar refractivity (Wildman–Crippen MR) is 119 cm³/mol. The molecule has 4 rings (SSSR count). The van der Waals surface area contributed by atoms with Gasteiger partial charge in [-0.3, -0.25) is 4.79 Å². The lowest BCUT2D eigenvalue weighted by Crippen LogP contribution is -2.40. The van der Waals surface area contributed by atoms with Gasteiger partial charge in [0.05, 0.1) is 23.7 Å². The van der Waals surface area contributed by atoms with E-state index in [-0.39, 0.29) is 10.8 Å². The molecule has 0 radical (unpaired) electrons. The molecule has 0 spiro atoms. The zero-order valence-electron chi connectivity index (χ0n) is 17.5. The maximum Gasteiger partial charge on any atom is 0.257 e. The van der Waals surface area contributed by atoms with E-state index in [4.69, 9.17) is 4.74 Å². The van der Waals surface area contributed by atoms with Crippen LogP contribution in [-0.4, -0.2) is 49.5 Å². The van der Waals surface area contributed by atoms with Gasteiger partial charge in [-0.05, 0) is 50.2 Å². The number of para-hydroxylation sites is 1. The van der Waals surface area contributed by atoms with Crippen LogP contribution in [0.15, 0.2) is 65.6 Å². The molecule has 31 heavy (non-hydrogen) atoms. The number of carbonyl (C=O) groups excluding carboxylic acids is 1. The third-order valence-electron chi connectivity index (χ3n) is 5.39. The van der Waals surface area contributed by atoms with Crippen LogP contribution in [0, 0.1) is 13.8 Å². The number of nitrogens with zero attached hydrogens (tertiary/aromatic N) is 2. The molecule has 0 bridgehead atoms. The molecule has 1 saturated heterocycles. The number of ether oxygens (including phenoxy) is 1. The summed E-state index contributed by atoms with van der Waals surface area (Å²) in [5.41, 5.74) is 3.72. The molecule has 0 saturated carbocycles. The average molecular weight is 440 g/mol. The van der Waals surface area contributed by atoms with E-state index in [0.29, 0.717) is 37.6 Å². The van der Waals surface area contributed by atoms with Crippen molar-refractivity contribution in [1.29, 1.82) is 0 Å². The first-order valence-electron chi connectivity index (χ1n) is 10.1. The van der Waals surface area contributed by atoms with Crippen LogP contribution < -0.4 is 5.32 Å². The standard InChI is InChI=1S/C23H25N3O4S/c1-17-15-22(18(2)26(17)20-8-4-3-5-9-20)23(27)24-19-7-6-10-21(16-19)31(28,29)25-11-13-30-14-12-25/h3-10,15-16H,11-14H2,1-2H3,(H,24,27). The second-order valence-corrected chi connectivity index (χ2v) is 9.39. The summed E-state index contributed by atoms with van der Waals surface area (Å²) in [7, 11) is -3.63. The highest BCUT2D eigenvalue weighted by molar-refractivity contribution is 7.89. The number of benzene rings is 2. The molecule has 1 aliphatic heterocycles.